The van der Waals surface area contributed by atoms with E-state index in [2.05, 4.69) is 29.2 Å². The maximum atomic E-state index is 12.4. The molecule has 0 saturated carbocycles. The van der Waals surface area contributed by atoms with Gasteiger partial charge in [-0.3, -0.25) is 15.6 Å². The first-order chi connectivity index (χ1) is 14.6. The minimum Gasteiger partial charge on any atom is -0.489 e. The number of anilines is 1. The Morgan fingerprint density at radius 2 is 1.67 bits per heavy atom. The first kappa shape index (κ1) is 21.3. The predicted octanol–water partition coefficient (Wildman–Crippen LogP) is 4.77. The molecular formula is C24H25N3O2S. The van der Waals surface area contributed by atoms with E-state index < -0.39 is 0 Å². The van der Waals surface area contributed by atoms with Gasteiger partial charge in [-0.15, -0.1) is 0 Å². The van der Waals surface area contributed by atoms with Crippen molar-refractivity contribution in [3.05, 3.63) is 95.1 Å². The lowest BCUT2D eigenvalue weighted by atomic mass is 10.1. The van der Waals surface area contributed by atoms with Crippen LogP contribution in [0.15, 0.2) is 72.8 Å². The van der Waals surface area contributed by atoms with Gasteiger partial charge in [-0.05, 0) is 66.5 Å². The summed E-state index contributed by atoms with van der Waals surface area (Å²) in [5.41, 5.74) is 10.2. The number of hydrogen-bond donors (Lipinski definition) is 3. The van der Waals surface area contributed by atoms with Gasteiger partial charge in [0, 0.05) is 11.3 Å². The van der Waals surface area contributed by atoms with Gasteiger partial charge < -0.3 is 10.1 Å². The number of nitrogens with one attached hydrogen (secondary N) is 3. The minimum atomic E-state index is -0.283. The number of benzene rings is 3. The molecule has 6 heteroatoms. The SMILES string of the molecule is CCc1cccc(C)c1NC(=S)NNC(=O)c1ccc(OCc2ccccc2)cc1. The second kappa shape index (κ2) is 10.4. The number of hydrogen-bond acceptors (Lipinski definition) is 3. The van der Waals surface area contributed by atoms with Gasteiger partial charge in [-0.25, -0.2) is 0 Å². The van der Waals surface area contributed by atoms with E-state index in [-0.39, 0.29) is 5.91 Å². The molecule has 0 aliphatic carbocycles. The Labute approximate surface area is 182 Å². The first-order valence-corrected chi connectivity index (χ1v) is 10.2. The van der Waals surface area contributed by atoms with Gasteiger partial charge in [-0.1, -0.05) is 55.5 Å². The lowest BCUT2D eigenvalue weighted by Crippen LogP contribution is -2.43. The third-order valence-corrected chi connectivity index (χ3v) is 4.84. The smallest absolute Gasteiger partial charge is 0.269 e. The van der Waals surface area contributed by atoms with Crippen molar-refractivity contribution >= 4 is 28.9 Å². The summed E-state index contributed by atoms with van der Waals surface area (Å²) < 4.78 is 5.75. The summed E-state index contributed by atoms with van der Waals surface area (Å²) >= 11 is 5.32. The maximum absolute atomic E-state index is 12.4. The van der Waals surface area contributed by atoms with E-state index >= 15 is 0 Å². The number of hydrazine groups is 1. The van der Waals surface area contributed by atoms with Crippen LogP contribution in [0.2, 0.25) is 0 Å². The fraction of sp³-hybridized carbons (Fsp3) is 0.167. The van der Waals surface area contributed by atoms with Gasteiger partial charge >= 0.3 is 0 Å². The zero-order valence-electron chi connectivity index (χ0n) is 17.1. The molecule has 0 bridgehead atoms. The molecule has 0 saturated heterocycles. The third-order valence-electron chi connectivity index (χ3n) is 4.63. The lowest BCUT2D eigenvalue weighted by molar-refractivity contribution is 0.0944. The molecule has 0 unspecified atom stereocenters. The number of carbonyl (C=O) groups excluding carboxylic acids is 1. The molecule has 0 heterocycles. The van der Waals surface area contributed by atoms with E-state index in [4.69, 9.17) is 17.0 Å². The average Bonchev–Trinajstić information content (AvgIpc) is 2.78. The van der Waals surface area contributed by atoms with Gasteiger partial charge in [-0.2, -0.15) is 0 Å². The van der Waals surface area contributed by atoms with Gasteiger partial charge in [0.1, 0.15) is 12.4 Å². The first-order valence-electron chi connectivity index (χ1n) is 9.79. The van der Waals surface area contributed by atoms with Crippen molar-refractivity contribution in [1.82, 2.24) is 10.9 Å². The van der Waals surface area contributed by atoms with Crippen LogP contribution in [0.4, 0.5) is 5.69 Å². The highest BCUT2D eigenvalue weighted by Gasteiger charge is 2.09. The monoisotopic (exact) mass is 419 g/mol. The van der Waals surface area contributed by atoms with Crippen molar-refractivity contribution in [2.75, 3.05) is 5.32 Å². The molecule has 0 aliphatic heterocycles. The summed E-state index contributed by atoms with van der Waals surface area (Å²) in [6.45, 7) is 4.59. The van der Waals surface area contributed by atoms with Crippen LogP contribution in [0.5, 0.6) is 5.75 Å². The zero-order valence-corrected chi connectivity index (χ0v) is 17.9. The van der Waals surface area contributed by atoms with Crippen molar-refractivity contribution < 1.29 is 9.53 Å². The standard InChI is InChI=1S/C24H25N3O2S/c1-3-19-11-7-8-17(2)22(19)25-24(30)27-26-23(28)20-12-14-21(15-13-20)29-16-18-9-5-4-6-10-18/h4-15H,3,16H2,1-2H3,(H,26,28)(H2,25,27,30). The molecule has 30 heavy (non-hydrogen) atoms. The Balaban J connectivity index is 1.50. The summed E-state index contributed by atoms with van der Waals surface area (Å²) in [7, 11) is 0. The molecule has 0 radical (unpaired) electrons. The molecule has 0 fully saturated rings. The molecule has 0 atom stereocenters. The molecule has 154 valence electrons. The molecule has 0 aromatic heterocycles. The Hall–Kier alpha value is -3.38. The number of aryl methyl sites for hydroxylation is 2. The van der Waals surface area contributed by atoms with E-state index in [0.29, 0.717) is 23.0 Å². The van der Waals surface area contributed by atoms with E-state index in [1.165, 1.54) is 0 Å². The fourth-order valence-corrected chi connectivity index (χ4v) is 3.13. The Bertz CT molecular complexity index is 1000. The summed E-state index contributed by atoms with van der Waals surface area (Å²) in [5, 5.41) is 3.49. The maximum Gasteiger partial charge on any atom is 0.269 e. The van der Waals surface area contributed by atoms with E-state index in [1.54, 1.807) is 24.3 Å². The van der Waals surface area contributed by atoms with Crippen LogP contribution in [0.25, 0.3) is 0 Å². The van der Waals surface area contributed by atoms with Crippen molar-refractivity contribution in [2.24, 2.45) is 0 Å². The highest BCUT2D eigenvalue weighted by molar-refractivity contribution is 7.80. The Morgan fingerprint density at radius 3 is 2.37 bits per heavy atom. The van der Waals surface area contributed by atoms with Crippen molar-refractivity contribution in [2.45, 2.75) is 26.9 Å². The number of thiocarbonyl (C=S) groups is 1. The van der Waals surface area contributed by atoms with Gasteiger partial charge in [0.25, 0.3) is 5.91 Å². The summed E-state index contributed by atoms with van der Waals surface area (Å²) in [5.74, 6) is 0.418. The molecule has 3 N–H and O–H groups in total. The van der Waals surface area contributed by atoms with Crippen LogP contribution >= 0.6 is 12.2 Å². The molecule has 0 spiro atoms. The molecule has 3 rings (SSSR count). The number of amides is 1. The predicted molar refractivity (Wildman–Crippen MR) is 125 cm³/mol. The van der Waals surface area contributed by atoms with Crippen LogP contribution in [0.1, 0.15) is 34.0 Å². The molecular weight excluding hydrogens is 394 g/mol. The van der Waals surface area contributed by atoms with Crippen molar-refractivity contribution in [1.29, 1.82) is 0 Å². The quantitative estimate of drug-likeness (QED) is 0.397. The largest absolute Gasteiger partial charge is 0.489 e. The van der Waals surface area contributed by atoms with Gasteiger partial charge in [0.05, 0.1) is 0 Å². The van der Waals surface area contributed by atoms with Crippen molar-refractivity contribution in [3.63, 3.8) is 0 Å². The number of para-hydroxylation sites is 1. The van der Waals surface area contributed by atoms with E-state index in [9.17, 15) is 4.79 Å². The lowest BCUT2D eigenvalue weighted by Gasteiger charge is -2.16. The van der Waals surface area contributed by atoms with Gasteiger partial charge in [0.15, 0.2) is 5.11 Å². The summed E-state index contributed by atoms with van der Waals surface area (Å²) in [4.78, 5) is 12.4. The number of carbonyl (C=O) groups is 1. The van der Waals surface area contributed by atoms with E-state index in [1.807, 2.05) is 49.4 Å². The van der Waals surface area contributed by atoms with Crippen LogP contribution in [0.3, 0.4) is 0 Å². The second-order valence-corrected chi connectivity index (χ2v) is 7.20. The van der Waals surface area contributed by atoms with Crippen molar-refractivity contribution in [3.8, 4) is 5.75 Å². The highest BCUT2D eigenvalue weighted by atomic mass is 32.1. The van der Waals surface area contributed by atoms with Crippen LogP contribution in [-0.4, -0.2) is 11.0 Å². The second-order valence-electron chi connectivity index (χ2n) is 6.79. The average molecular weight is 420 g/mol. The molecule has 1 amide bonds. The molecule has 5 nitrogen and oxygen atoms in total. The fourth-order valence-electron chi connectivity index (χ4n) is 2.98. The summed E-state index contributed by atoms with van der Waals surface area (Å²) in [6, 6.07) is 23.0. The molecule has 3 aromatic carbocycles. The minimum absolute atomic E-state index is 0.283. The Kier molecular flexibility index (Phi) is 7.40. The molecule has 3 aromatic rings. The van der Waals surface area contributed by atoms with Crippen LogP contribution < -0.4 is 20.9 Å². The topological polar surface area (TPSA) is 62.4 Å². The Morgan fingerprint density at radius 1 is 0.933 bits per heavy atom. The summed E-state index contributed by atoms with van der Waals surface area (Å²) in [6.07, 6.45) is 0.887. The van der Waals surface area contributed by atoms with E-state index in [0.717, 1.165) is 28.8 Å². The number of ether oxygens (including phenoxy) is 1. The normalized spacial score (nSPS) is 10.2. The zero-order chi connectivity index (χ0) is 21.3. The van der Waals surface area contributed by atoms with Crippen LogP contribution in [-0.2, 0) is 13.0 Å². The van der Waals surface area contributed by atoms with Crippen LogP contribution in [0, 0.1) is 6.92 Å². The molecule has 0 aliphatic rings. The number of rotatable bonds is 6. The van der Waals surface area contributed by atoms with Gasteiger partial charge in [0.2, 0.25) is 0 Å². The highest BCUT2D eigenvalue weighted by Crippen LogP contribution is 2.20. The third kappa shape index (κ3) is 5.81.